The van der Waals surface area contributed by atoms with Crippen LogP contribution in [0, 0.1) is 0 Å². The van der Waals surface area contributed by atoms with Gasteiger partial charge in [0.1, 0.15) is 0 Å². The van der Waals surface area contributed by atoms with Gasteiger partial charge in [0.05, 0.1) is 24.4 Å². The summed E-state index contributed by atoms with van der Waals surface area (Å²) < 4.78 is 11.9. The van der Waals surface area contributed by atoms with Gasteiger partial charge >= 0.3 is 0 Å². The Hall–Kier alpha value is -0.860. The number of hydrogen-bond acceptors (Lipinski definition) is 2. The summed E-state index contributed by atoms with van der Waals surface area (Å²) in [5.74, 6) is 0. The van der Waals surface area contributed by atoms with Crippen LogP contribution in [0.25, 0.3) is 0 Å². The summed E-state index contributed by atoms with van der Waals surface area (Å²) in [6, 6.07) is 4.77. The van der Waals surface area contributed by atoms with Crippen LogP contribution in [0.15, 0.2) is 12.1 Å². The Bertz CT molecular complexity index is 410. The summed E-state index contributed by atoms with van der Waals surface area (Å²) >= 11 is 0. The first-order valence-electron chi connectivity index (χ1n) is 6.39. The van der Waals surface area contributed by atoms with E-state index in [-0.39, 0.29) is 0 Å². The molecule has 4 unspecified atom stereocenters. The molecule has 0 radical (unpaired) electrons. The van der Waals surface area contributed by atoms with Gasteiger partial charge in [0.15, 0.2) is 0 Å². The lowest BCUT2D eigenvalue weighted by molar-refractivity contribution is 0.0678. The van der Waals surface area contributed by atoms with Gasteiger partial charge in [-0.2, -0.15) is 0 Å². The van der Waals surface area contributed by atoms with Crippen molar-refractivity contribution in [1.29, 1.82) is 0 Å². The SMILES string of the molecule is c1c2c(cc3c1C1CCC3O1)C1CCC2O1. The normalized spacial score (nSPS) is 41.5. The first kappa shape index (κ1) is 8.26. The van der Waals surface area contributed by atoms with Crippen molar-refractivity contribution in [3.8, 4) is 0 Å². The van der Waals surface area contributed by atoms with Gasteiger partial charge in [-0.05, 0) is 60.1 Å². The third-order valence-electron chi connectivity index (χ3n) is 4.72. The van der Waals surface area contributed by atoms with Crippen LogP contribution in [0.4, 0.5) is 0 Å². The van der Waals surface area contributed by atoms with Crippen molar-refractivity contribution in [2.45, 2.75) is 50.1 Å². The second kappa shape index (κ2) is 2.52. The lowest BCUT2D eigenvalue weighted by Gasteiger charge is -2.17. The summed E-state index contributed by atoms with van der Waals surface area (Å²) in [7, 11) is 0. The first-order valence-corrected chi connectivity index (χ1v) is 6.39. The molecule has 0 N–H and O–H groups in total. The second-order valence-corrected chi connectivity index (χ2v) is 5.49. The van der Waals surface area contributed by atoms with Crippen molar-refractivity contribution < 1.29 is 9.47 Å². The molecule has 0 amide bonds. The highest BCUT2D eigenvalue weighted by atomic mass is 16.5. The molecule has 1 aromatic carbocycles. The molecule has 1 aromatic rings. The maximum atomic E-state index is 5.97. The Morgan fingerprint density at radius 1 is 0.625 bits per heavy atom. The topological polar surface area (TPSA) is 18.5 Å². The van der Waals surface area contributed by atoms with Crippen LogP contribution in [0.1, 0.15) is 72.4 Å². The highest BCUT2D eigenvalue weighted by Gasteiger charge is 2.43. The Labute approximate surface area is 94.6 Å². The molecule has 2 nitrogen and oxygen atoms in total. The zero-order valence-corrected chi connectivity index (χ0v) is 9.11. The van der Waals surface area contributed by atoms with Crippen molar-refractivity contribution in [2.75, 3.05) is 0 Å². The predicted octanol–water partition coefficient (Wildman–Crippen LogP) is 3.50. The van der Waals surface area contributed by atoms with Crippen molar-refractivity contribution in [3.05, 3.63) is 34.4 Å². The molecule has 0 aliphatic carbocycles. The van der Waals surface area contributed by atoms with Crippen LogP contribution in [0.5, 0.6) is 0 Å². The minimum absolute atomic E-state index is 0.393. The van der Waals surface area contributed by atoms with E-state index in [0.29, 0.717) is 24.4 Å². The van der Waals surface area contributed by atoms with E-state index < -0.39 is 0 Å². The summed E-state index contributed by atoms with van der Waals surface area (Å²) in [6.07, 6.45) is 6.43. The second-order valence-electron chi connectivity index (χ2n) is 5.49. The lowest BCUT2D eigenvalue weighted by Crippen LogP contribution is -2.04. The van der Waals surface area contributed by atoms with E-state index in [4.69, 9.17) is 9.47 Å². The molecule has 4 atom stereocenters. The van der Waals surface area contributed by atoms with E-state index in [1.165, 1.54) is 47.9 Å². The molecule has 0 aromatic heterocycles. The summed E-state index contributed by atoms with van der Waals surface area (Å²) in [4.78, 5) is 0. The zero-order chi connectivity index (χ0) is 10.3. The smallest absolute Gasteiger partial charge is 0.0838 e. The molecule has 0 spiro atoms. The molecule has 4 bridgehead atoms. The highest BCUT2D eigenvalue weighted by molar-refractivity contribution is 5.48. The van der Waals surface area contributed by atoms with Crippen molar-refractivity contribution in [2.24, 2.45) is 0 Å². The van der Waals surface area contributed by atoms with Crippen LogP contribution < -0.4 is 0 Å². The third kappa shape index (κ3) is 0.802. The average Bonchev–Trinajstić information content (AvgIpc) is 3.07. The maximum absolute atomic E-state index is 5.97. The maximum Gasteiger partial charge on any atom is 0.0838 e. The molecule has 2 fully saturated rings. The summed E-state index contributed by atoms with van der Waals surface area (Å²) in [5.41, 5.74) is 5.86. The van der Waals surface area contributed by atoms with Gasteiger partial charge in [-0.1, -0.05) is 0 Å². The lowest BCUT2D eigenvalue weighted by atomic mass is 9.83. The Morgan fingerprint density at radius 2 is 0.938 bits per heavy atom. The fraction of sp³-hybridized carbons (Fsp3) is 0.571. The molecule has 16 heavy (non-hydrogen) atoms. The number of ether oxygens (including phenoxy) is 2. The molecular weight excluding hydrogens is 200 g/mol. The molecule has 5 rings (SSSR count). The van der Waals surface area contributed by atoms with Crippen LogP contribution in [-0.2, 0) is 9.47 Å². The summed E-state index contributed by atoms with van der Waals surface area (Å²) in [5, 5.41) is 0. The third-order valence-corrected chi connectivity index (χ3v) is 4.72. The van der Waals surface area contributed by atoms with Crippen LogP contribution in [-0.4, -0.2) is 0 Å². The van der Waals surface area contributed by atoms with E-state index in [0.717, 1.165) is 0 Å². The number of benzene rings is 1. The van der Waals surface area contributed by atoms with E-state index in [2.05, 4.69) is 12.1 Å². The van der Waals surface area contributed by atoms with Crippen molar-refractivity contribution in [3.63, 3.8) is 0 Å². The molecular formula is C14H14O2. The molecule has 4 heterocycles. The Morgan fingerprint density at radius 3 is 1.25 bits per heavy atom. The first-order chi connectivity index (χ1) is 7.90. The molecule has 82 valence electrons. The minimum Gasteiger partial charge on any atom is -0.366 e. The van der Waals surface area contributed by atoms with Gasteiger partial charge in [-0.15, -0.1) is 0 Å². The van der Waals surface area contributed by atoms with E-state index in [1.54, 1.807) is 0 Å². The molecule has 2 heteroatoms. The van der Waals surface area contributed by atoms with Gasteiger partial charge in [0, 0.05) is 0 Å². The molecule has 4 aliphatic heterocycles. The minimum atomic E-state index is 0.393. The molecule has 0 saturated carbocycles. The van der Waals surface area contributed by atoms with E-state index in [1.807, 2.05) is 0 Å². The van der Waals surface area contributed by atoms with Crippen molar-refractivity contribution in [1.82, 2.24) is 0 Å². The summed E-state index contributed by atoms with van der Waals surface area (Å²) in [6.45, 7) is 0. The zero-order valence-electron chi connectivity index (χ0n) is 9.11. The van der Waals surface area contributed by atoms with Gasteiger partial charge in [-0.3, -0.25) is 0 Å². The monoisotopic (exact) mass is 214 g/mol. The number of fused-ring (bicyclic) bond motifs is 10. The van der Waals surface area contributed by atoms with Crippen molar-refractivity contribution >= 4 is 0 Å². The van der Waals surface area contributed by atoms with Crippen LogP contribution in [0.3, 0.4) is 0 Å². The van der Waals surface area contributed by atoms with Gasteiger partial charge in [0.25, 0.3) is 0 Å². The number of rotatable bonds is 0. The quantitative estimate of drug-likeness (QED) is 0.658. The van der Waals surface area contributed by atoms with Crippen LogP contribution in [0.2, 0.25) is 0 Å². The predicted molar refractivity (Wildman–Crippen MR) is 58.0 cm³/mol. The van der Waals surface area contributed by atoms with Gasteiger partial charge in [-0.25, -0.2) is 0 Å². The van der Waals surface area contributed by atoms with Gasteiger partial charge < -0.3 is 9.47 Å². The van der Waals surface area contributed by atoms with Crippen LogP contribution >= 0.6 is 0 Å². The largest absolute Gasteiger partial charge is 0.366 e. The molecule has 2 saturated heterocycles. The fourth-order valence-electron chi connectivity index (χ4n) is 3.97. The number of hydrogen-bond donors (Lipinski definition) is 0. The molecule has 4 aliphatic rings. The Balaban J connectivity index is 1.77. The Kier molecular flexibility index (Phi) is 1.30. The van der Waals surface area contributed by atoms with Gasteiger partial charge in [0.2, 0.25) is 0 Å². The fourth-order valence-corrected chi connectivity index (χ4v) is 3.97. The van der Waals surface area contributed by atoms with E-state index >= 15 is 0 Å². The van der Waals surface area contributed by atoms with E-state index in [9.17, 15) is 0 Å². The average molecular weight is 214 g/mol. The highest BCUT2D eigenvalue weighted by Crippen LogP contribution is 2.56. The standard InChI is InChI=1S/C14H14O2/c1-2-12-8-6-10-9(5-7(8)11(1)15-12)13-3-4-14(10)16-13/h5-6,11-14H,1-4H2.